The first-order valence-corrected chi connectivity index (χ1v) is 9.51. The fraction of sp³-hybridized carbons (Fsp3) is 0.533. The number of amides is 2. The molecule has 0 unspecified atom stereocenters. The summed E-state index contributed by atoms with van der Waals surface area (Å²) in [6.07, 6.45) is -1.49. The van der Waals surface area contributed by atoms with Gasteiger partial charge in [-0.05, 0) is 30.9 Å². The van der Waals surface area contributed by atoms with Crippen molar-refractivity contribution in [3.8, 4) is 0 Å². The lowest BCUT2D eigenvalue weighted by molar-refractivity contribution is -0.136. The van der Waals surface area contributed by atoms with Crippen molar-refractivity contribution in [3.05, 3.63) is 29.8 Å². The number of carbonyl (C=O) groups excluding carboxylic acids is 1. The molecule has 2 amide bonds. The fourth-order valence-electron chi connectivity index (χ4n) is 2.32. The summed E-state index contributed by atoms with van der Waals surface area (Å²) in [7, 11) is -3.53. The zero-order valence-corrected chi connectivity index (χ0v) is 14.2. The van der Waals surface area contributed by atoms with Gasteiger partial charge in [-0.2, -0.15) is 13.2 Å². The molecule has 25 heavy (non-hydrogen) atoms. The van der Waals surface area contributed by atoms with Crippen molar-refractivity contribution >= 4 is 21.7 Å². The maximum Gasteiger partial charge on any atom is 0.418 e. The summed E-state index contributed by atoms with van der Waals surface area (Å²) >= 11 is 0. The van der Waals surface area contributed by atoms with Crippen molar-refractivity contribution in [3.63, 3.8) is 0 Å². The van der Waals surface area contributed by atoms with E-state index in [1.165, 1.54) is 12.1 Å². The number of halogens is 3. The smallest absolute Gasteiger partial charge is 0.337 e. The number of benzene rings is 1. The highest BCUT2D eigenvalue weighted by molar-refractivity contribution is 7.89. The molecule has 0 saturated heterocycles. The van der Waals surface area contributed by atoms with Gasteiger partial charge in [0.1, 0.15) is 0 Å². The van der Waals surface area contributed by atoms with E-state index >= 15 is 0 Å². The van der Waals surface area contributed by atoms with Gasteiger partial charge < -0.3 is 10.6 Å². The molecule has 6 nitrogen and oxygen atoms in total. The summed E-state index contributed by atoms with van der Waals surface area (Å²) in [5, 5.41) is 4.33. The van der Waals surface area contributed by atoms with E-state index in [1.54, 1.807) is 0 Å². The molecule has 10 heteroatoms. The molecule has 0 atom stereocenters. The molecular weight excluding hydrogens is 359 g/mol. The molecule has 1 aliphatic rings. The van der Waals surface area contributed by atoms with Crippen molar-refractivity contribution in [1.82, 2.24) is 10.0 Å². The van der Waals surface area contributed by atoms with Gasteiger partial charge in [-0.15, -0.1) is 0 Å². The van der Waals surface area contributed by atoms with Crippen LogP contribution in [0.25, 0.3) is 0 Å². The molecule has 3 N–H and O–H groups in total. The second-order valence-electron chi connectivity index (χ2n) is 5.89. The highest BCUT2D eigenvalue weighted by Gasteiger charge is 2.33. The third-order valence-electron chi connectivity index (χ3n) is 3.95. The second kappa shape index (κ2) is 8.05. The minimum atomic E-state index is -4.60. The number of rotatable bonds is 7. The van der Waals surface area contributed by atoms with Gasteiger partial charge in [-0.1, -0.05) is 18.6 Å². The summed E-state index contributed by atoms with van der Waals surface area (Å²) < 4.78 is 64.5. The van der Waals surface area contributed by atoms with Gasteiger partial charge in [0, 0.05) is 13.1 Å². The van der Waals surface area contributed by atoms with Crippen LogP contribution >= 0.6 is 0 Å². The van der Waals surface area contributed by atoms with E-state index in [4.69, 9.17) is 0 Å². The average Bonchev–Trinajstić information content (AvgIpc) is 2.44. The van der Waals surface area contributed by atoms with Gasteiger partial charge in [0.25, 0.3) is 0 Å². The average molecular weight is 379 g/mol. The summed E-state index contributed by atoms with van der Waals surface area (Å²) in [5.41, 5.74) is -1.36. The SMILES string of the molecule is O=C(NCCS(=O)(=O)NCC1CCC1)Nc1ccccc1C(F)(F)F. The molecule has 140 valence electrons. The van der Waals surface area contributed by atoms with Crippen LogP contribution < -0.4 is 15.4 Å². The third-order valence-corrected chi connectivity index (χ3v) is 5.30. The standard InChI is InChI=1S/C15H20F3N3O3S/c16-15(17,18)12-6-1-2-7-13(12)21-14(22)19-8-9-25(23,24)20-10-11-4-3-5-11/h1-2,6-7,11,20H,3-5,8-10H2,(H2,19,21,22). The summed E-state index contributed by atoms with van der Waals surface area (Å²) in [6, 6.07) is 3.65. The number of urea groups is 1. The number of hydrogen-bond acceptors (Lipinski definition) is 3. The maximum absolute atomic E-state index is 12.8. The lowest BCUT2D eigenvalue weighted by Crippen LogP contribution is -2.38. The van der Waals surface area contributed by atoms with Crippen molar-refractivity contribution in [2.24, 2.45) is 5.92 Å². The number of nitrogens with one attached hydrogen (secondary N) is 3. The van der Waals surface area contributed by atoms with Crippen LogP contribution in [0.15, 0.2) is 24.3 Å². The maximum atomic E-state index is 12.8. The van der Waals surface area contributed by atoms with Crippen LogP contribution in [-0.4, -0.2) is 33.3 Å². The van der Waals surface area contributed by atoms with E-state index in [0.717, 1.165) is 31.4 Å². The lowest BCUT2D eigenvalue weighted by atomic mass is 9.86. The van der Waals surface area contributed by atoms with E-state index in [-0.39, 0.29) is 12.3 Å². The van der Waals surface area contributed by atoms with Crippen molar-refractivity contribution in [2.75, 3.05) is 24.2 Å². The Bertz CT molecular complexity index is 703. The topological polar surface area (TPSA) is 87.3 Å². The molecule has 0 aliphatic heterocycles. The van der Waals surface area contributed by atoms with Crippen LogP contribution in [0.3, 0.4) is 0 Å². The van der Waals surface area contributed by atoms with E-state index in [1.807, 2.05) is 0 Å². The van der Waals surface area contributed by atoms with Crippen LogP contribution in [-0.2, 0) is 16.2 Å². The van der Waals surface area contributed by atoms with Gasteiger partial charge in [-0.3, -0.25) is 0 Å². The summed E-state index contributed by atoms with van der Waals surface area (Å²) in [4.78, 5) is 11.7. The molecular formula is C15H20F3N3O3S. The minimum Gasteiger partial charge on any atom is -0.337 e. The van der Waals surface area contributed by atoms with E-state index < -0.39 is 33.5 Å². The molecule has 1 fully saturated rings. The normalized spacial score (nSPS) is 15.5. The summed E-state index contributed by atoms with van der Waals surface area (Å²) in [6.45, 7) is 0.174. The molecule has 1 aliphatic carbocycles. The molecule has 0 heterocycles. The fourth-order valence-corrected chi connectivity index (χ4v) is 3.32. The predicted octanol–water partition coefficient (Wildman–Crippen LogP) is 2.55. The van der Waals surface area contributed by atoms with E-state index in [0.29, 0.717) is 12.5 Å². The highest BCUT2D eigenvalue weighted by Crippen LogP contribution is 2.34. The third kappa shape index (κ3) is 6.20. The van der Waals surface area contributed by atoms with Gasteiger partial charge in [0.2, 0.25) is 10.0 Å². The van der Waals surface area contributed by atoms with Crippen LogP contribution in [0.2, 0.25) is 0 Å². The molecule has 0 radical (unpaired) electrons. The molecule has 0 bridgehead atoms. The molecule has 0 aromatic heterocycles. The first kappa shape index (κ1) is 19.5. The van der Waals surface area contributed by atoms with Gasteiger partial charge >= 0.3 is 12.2 Å². The lowest BCUT2D eigenvalue weighted by Gasteiger charge is -2.25. The largest absolute Gasteiger partial charge is 0.418 e. The molecule has 1 aromatic rings. The number of carbonyl (C=O) groups is 1. The number of anilines is 1. The summed E-state index contributed by atoms with van der Waals surface area (Å²) in [5.74, 6) is 0.0264. The quantitative estimate of drug-likeness (QED) is 0.680. The zero-order valence-electron chi connectivity index (χ0n) is 13.4. The number of hydrogen-bond donors (Lipinski definition) is 3. The minimum absolute atomic E-state index is 0.208. The number of sulfonamides is 1. The molecule has 0 spiro atoms. The number of alkyl halides is 3. The van der Waals surface area contributed by atoms with Crippen LogP contribution in [0, 0.1) is 5.92 Å². The van der Waals surface area contributed by atoms with Crippen LogP contribution in [0.1, 0.15) is 24.8 Å². The molecule has 1 saturated carbocycles. The van der Waals surface area contributed by atoms with Crippen LogP contribution in [0.5, 0.6) is 0 Å². The van der Waals surface area contributed by atoms with Crippen LogP contribution in [0.4, 0.5) is 23.7 Å². The Balaban J connectivity index is 1.79. The van der Waals surface area contributed by atoms with Crippen molar-refractivity contribution in [2.45, 2.75) is 25.4 Å². The monoisotopic (exact) mass is 379 g/mol. The first-order chi connectivity index (χ1) is 11.7. The van der Waals surface area contributed by atoms with E-state index in [2.05, 4.69) is 15.4 Å². The number of para-hydroxylation sites is 1. The Hall–Kier alpha value is -1.81. The first-order valence-electron chi connectivity index (χ1n) is 7.86. The Kier molecular flexibility index (Phi) is 6.28. The van der Waals surface area contributed by atoms with E-state index in [9.17, 15) is 26.4 Å². The van der Waals surface area contributed by atoms with Gasteiger partial charge in [0.05, 0.1) is 17.0 Å². The van der Waals surface area contributed by atoms with Crippen molar-refractivity contribution < 1.29 is 26.4 Å². The Labute approximate surface area is 144 Å². The Morgan fingerprint density at radius 1 is 1.20 bits per heavy atom. The Morgan fingerprint density at radius 3 is 2.48 bits per heavy atom. The Morgan fingerprint density at radius 2 is 1.88 bits per heavy atom. The van der Waals surface area contributed by atoms with Gasteiger partial charge in [0.15, 0.2) is 0 Å². The van der Waals surface area contributed by atoms with Crippen molar-refractivity contribution in [1.29, 1.82) is 0 Å². The second-order valence-corrected chi connectivity index (χ2v) is 7.81. The zero-order chi connectivity index (χ0) is 18.5. The molecule has 1 aromatic carbocycles. The molecule has 2 rings (SSSR count). The van der Waals surface area contributed by atoms with Gasteiger partial charge in [-0.25, -0.2) is 17.9 Å². The predicted molar refractivity (Wildman–Crippen MR) is 87.6 cm³/mol. The highest BCUT2D eigenvalue weighted by atomic mass is 32.2.